The molecule has 0 spiro atoms. The maximum atomic E-state index is 6.39. The summed E-state index contributed by atoms with van der Waals surface area (Å²) < 4.78 is 2.38. The van der Waals surface area contributed by atoms with Crippen molar-refractivity contribution in [1.82, 2.24) is 19.9 Å². The zero-order valence-corrected chi connectivity index (χ0v) is 15.9. The maximum Gasteiger partial charge on any atom is 0.160 e. The second-order valence-corrected chi connectivity index (χ2v) is 8.09. The first kappa shape index (κ1) is 16.9. The van der Waals surface area contributed by atoms with Crippen molar-refractivity contribution in [3.63, 3.8) is 0 Å². The third kappa shape index (κ3) is 2.95. The van der Waals surface area contributed by atoms with Gasteiger partial charge in [-0.05, 0) is 74.9 Å². The number of nitrogens with zero attached hydrogens (tertiary/aromatic N) is 3. The van der Waals surface area contributed by atoms with Gasteiger partial charge in [0.05, 0.1) is 16.7 Å². The molecule has 3 N–H and O–H groups in total. The van der Waals surface area contributed by atoms with Gasteiger partial charge < -0.3 is 15.6 Å². The molecule has 0 amide bonds. The van der Waals surface area contributed by atoms with Crippen LogP contribution in [0.1, 0.15) is 42.1 Å². The number of hydrogen-bond donors (Lipinski definition) is 2. The van der Waals surface area contributed by atoms with E-state index >= 15 is 0 Å². The zero-order valence-electron chi connectivity index (χ0n) is 15.9. The van der Waals surface area contributed by atoms with Crippen molar-refractivity contribution >= 4 is 11.0 Å². The van der Waals surface area contributed by atoms with E-state index in [4.69, 9.17) is 15.7 Å². The lowest BCUT2D eigenvalue weighted by Gasteiger charge is -2.23. The number of para-hydroxylation sites is 2. The molecule has 2 atom stereocenters. The van der Waals surface area contributed by atoms with Crippen LogP contribution >= 0.6 is 0 Å². The first-order chi connectivity index (χ1) is 13.2. The number of aryl methyl sites for hydroxylation is 2. The van der Waals surface area contributed by atoms with E-state index in [0.29, 0.717) is 5.92 Å². The Balaban J connectivity index is 1.67. The van der Waals surface area contributed by atoms with Crippen molar-refractivity contribution in [2.75, 3.05) is 13.1 Å². The van der Waals surface area contributed by atoms with Crippen LogP contribution in [0.25, 0.3) is 22.6 Å². The lowest BCUT2D eigenvalue weighted by Crippen LogP contribution is -2.20. The summed E-state index contributed by atoms with van der Waals surface area (Å²) in [5.41, 5.74) is 13.2. The fraction of sp³-hybridized carbons (Fsp3) is 0.455. The van der Waals surface area contributed by atoms with E-state index in [-0.39, 0.29) is 6.04 Å². The predicted octanol–water partition coefficient (Wildman–Crippen LogP) is 3.35. The van der Waals surface area contributed by atoms with E-state index in [2.05, 4.69) is 47.1 Å². The minimum Gasteiger partial charge on any atom is -0.323 e. The molecule has 5 rings (SSSR count). The van der Waals surface area contributed by atoms with Gasteiger partial charge in [-0.15, -0.1) is 0 Å². The number of benzene rings is 1. The van der Waals surface area contributed by atoms with Crippen molar-refractivity contribution in [1.29, 1.82) is 0 Å². The van der Waals surface area contributed by atoms with E-state index in [0.717, 1.165) is 61.6 Å². The highest BCUT2D eigenvalue weighted by Crippen LogP contribution is 2.33. The minimum absolute atomic E-state index is 0.0463. The molecular weight excluding hydrogens is 334 g/mol. The van der Waals surface area contributed by atoms with Gasteiger partial charge in [0.15, 0.2) is 5.82 Å². The fourth-order valence-electron chi connectivity index (χ4n) is 4.65. The monoisotopic (exact) mass is 361 g/mol. The summed E-state index contributed by atoms with van der Waals surface area (Å²) in [5.74, 6) is 1.63. The number of aromatic nitrogens is 3. The van der Waals surface area contributed by atoms with Crippen molar-refractivity contribution in [3.05, 3.63) is 47.2 Å². The summed E-state index contributed by atoms with van der Waals surface area (Å²) in [7, 11) is 0. The number of pyridine rings is 1. The highest BCUT2D eigenvalue weighted by Gasteiger charge is 2.24. The molecule has 2 aromatic heterocycles. The highest BCUT2D eigenvalue weighted by molar-refractivity contribution is 5.80. The number of rotatable bonds is 3. The Kier molecular flexibility index (Phi) is 4.21. The molecule has 5 nitrogen and oxygen atoms in total. The minimum atomic E-state index is 0.0463. The van der Waals surface area contributed by atoms with Crippen LogP contribution in [-0.4, -0.2) is 27.6 Å². The standard InChI is InChI=1S/C22H27N5/c1-14-11-16-5-4-6-17(23)21(16)26-20(14)22-25-18-7-2-3-8-19(18)27(22)13-15-9-10-24-12-15/h2-3,7-8,11,15,17,24H,4-6,9-10,12-13,23H2,1H3. The average molecular weight is 361 g/mol. The second kappa shape index (κ2) is 6.73. The molecule has 2 unspecified atom stereocenters. The molecule has 1 fully saturated rings. The van der Waals surface area contributed by atoms with Gasteiger partial charge in [-0.3, -0.25) is 0 Å². The van der Waals surface area contributed by atoms with Crippen molar-refractivity contribution < 1.29 is 0 Å². The van der Waals surface area contributed by atoms with E-state index in [1.807, 2.05) is 0 Å². The Morgan fingerprint density at radius 1 is 1.22 bits per heavy atom. The molecule has 1 aliphatic carbocycles. The summed E-state index contributed by atoms with van der Waals surface area (Å²) in [4.78, 5) is 10.1. The molecule has 140 valence electrons. The van der Waals surface area contributed by atoms with Crippen LogP contribution in [0.5, 0.6) is 0 Å². The van der Waals surface area contributed by atoms with Crippen LogP contribution < -0.4 is 11.1 Å². The molecule has 3 heterocycles. The first-order valence-corrected chi connectivity index (χ1v) is 10.1. The number of nitrogens with two attached hydrogens (primary N) is 1. The van der Waals surface area contributed by atoms with Crippen LogP contribution in [0, 0.1) is 12.8 Å². The smallest absolute Gasteiger partial charge is 0.160 e. The van der Waals surface area contributed by atoms with Crippen LogP contribution in [-0.2, 0) is 13.0 Å². The van der Waals surface area contributed by atoms with Crippen LogP contribution in [0.4, 0.5) is 0 Å². The summed E-state index contributed by atoms with van der Waals surface area (Å²) >= 11 is 0. The van der Waals surface area contributed by atoms with Crippen LogP contribution in [0.3, 0.4) is 0 Å². The number of imidazole rings is 1. The lowest BCUT2D eigenvalue weighted by atomic mass is 9.91. The molecule has 2 aliphatic rings. The normalized spacial score (nSPS) is 22.3. The van der Waals surface area contributed by atoms with Gasteiger partial charge in [-0.1, -0.05) is 18.2 Å². The third-order valence-electron chi connectivity index (χ3n) is 6.11. The summed E-state index contributed by atoms with van der Waals surface area (Å²) in [6.07, 6.45) is 4.48. The summed E-state index contributed by atoms with van der Waals surface area (Å²) in [5, 5.41) is 3.48. The molecule has 27 heavy (non-hydrogen) atoms. The van der Waals surface area contributed by atoms with Crippen molar-refractivity contribution in [2.24, 2.45) is 11.7 Å². The van der Waals surface area contributed by atoms with E-state index < -0.39 is 0 Å². The number of nitrogens with one attached hydrogen (secondary N) is 1. The first-order valence-electron chi connectivity index (χ1n) is 10.1. The quantitative estimate of drug-likeness (QED) is 0.751. The van der Waals surface area contributed by atoms with E-state index in [1.165, 1.54) is 23.1 Å². The van der Waals surface area contributed by atoms with Crippen LogP contribution in [0.15, 0.2) is 30.3 Å². The Morgan fingerprint density at radius 3 is 2.96 bits per heavy atom. The molecule has 0 saturated carbocycles. The van der Waals surface area contributed by atoms with E-state index in [9.17, 15) is 0 Å². The maximum absolute atomic E-state index is 6.39. The topological polar surface area (TPSA) is 68.8 Å². The Morgan fingerprint density at radius 2 is 2.11 bits per heavy atom. The predicted molar refractivity (Wildman–Crippen MR) is 109 cm³/mol. The van der Waals surface area contributed by atoms with Gasteiger partial charge in [0.1, 0.15) is 5.69 Å². The molecule has 1 saturated heterocycles. The molecule has 5 heteroatoms. The Bertz CT molecular complexity index is 984. The van der Waals surface area contributed by atoms with Gasteiger partial charge in [0, 0.05) is 12.6 Å². The molecule has 1 aromatic carbocycles. The summed E-state index contributed by atoms with van der Waals surface area (Å²) in [6, 6.07) is 10.8. The van der Waals surface area contributed by atoms with Gasteiger partial charge in [0.2, 0.25) is 0 Å². The largest absolute Gasteiger partial charge is 0.323 e. The van der Waals surface area contributed by atoms with Gasteiger partial charge >= 0.3 is 0 Å². The van der Waals surface area contributed by atoms with Gasteiger partial charge in [-0.2, -0.15) is 0 Å². The second-order valence-electron chi connectivity index (χ2n) is 8.09. The van der Waals surface area contributed by atoms with Crippen molar-refractivity contribution in [3.8, 4) is 11.5 Å². The fourth-order valence-corrected chi connectivity index (χ4v) is 4.65. The molecular formula is C22H27N5. The number of fused-ring (bicyclic) bond motifs is 2. The number of hydrogen-bond acceptors (Lipinski definition) is 4. The molecule has 0 radical (unpaired) electrons. The third-order valence-corrected chi connectivity index (χ3v) is 6.11. The highest BCUT2D eigenvalue weighted by atomic mass is 15.1. The van der Waals surface area contributed by atoms with Crippen molar-refractivity contribution in [2.45, 2.75) is 45.2 Å². The molecule has 3 aromatic rings. The lowest BCUT2D eigenvalue weighted by molar-refractivity contribution is 0.491. The van der Waals surface area contributed by atoms with Crippen LogP contribution in [0.2, 0.25) is 0 Å². The SMILES string of the molecule is Cc1cc2c(nc1-c1nc3ccccc3n1CC1CCNC1)C(N)CCC2. The molecule has 0 bridgehead atoms. The Labute approximate surface area is 160 Å². The molecule has 1 aliphatic heterocycles. The van der Waals surface area contributed by atoms with Gasteiger partial charge in [-0.25, -0.2) is 9.97 Å². The Hall–Kier alpha value is -2.24. The zero-order chi connectivity index (χ0) is 18.4. The van der Waals surface area contributed by atoms with Gasteiger partial charge in [0.25, 0.3) is 0 Å². The average Bonchev–Trinajstić information content (AvgIpc) is 3.30. The summed E-state index contributed by atoms with van der Waals surface area (Å²) in [6.45, 7) is 5.32. The van der Waals surface area contributed by atoms with E-state index in [1.54, 1.807) is 0 Å².